The molecule has 1 fully saturated rings. The van der Waals surface area contributed by atoms with Crippen LogP contribution in [-0.4, -0.2) is 17.5 Å². The van der Waals surface area contributed by atoms with Crippen LogP contribution in [0.1, 0.15) is 33.1 Å². The van der Waals surface area contributed by atoms with E-state index in [1.54, 1.807) is 0 Å². The van der Waals surface area contributed by atoms with Crippen molar-refractivity contribution in [1.82, 2.24) is 4.90 Å². The van der Waals surface area contributed by atoms with E-state index in [1.165, 1.54) is 19.4 Å². The van der Waals surface area contributed by atoms with Crippen molar-refractivity contribution in [3.63, 3.8) is 0 Å². The number of hydrogen-bond acceptors (Lipinski definition) is 1. The van der Waals surface area contributed by atoms with E-state index in [1.807, 2.05) is 0 Å². The standard InChI is InChI=1S/C9H15N/c1-3-4-7-10-8-5-6-9(10)2/h9H,3,5-6,8H2,1-2H3. The Morgan fingerprint density at radius 3 is 2.90 bits per heavy atom. The minimum atomic E-state index is 0.694. The zero-order valence-electron chi connectivity index (χ0n) is 6.85. The highest BCUT2D eigenvalue weighted by atomic mass is 15.1. The molecule has 1 aliphatic rings. The quantitative estimate of drug-likeness (QED) is 0.460. The van der Waals surface area contributed by atoms with Gasteiger partial charge in [0.05, 0.1) is 0 Å². The van der Waals surface area contributed by atoms with Crippen LogP contribution in [0.5, 0.6) is 0 Å². The number of likely N-dealkylation sites (tertiary alicyclic amines) is 1. The lowest BCUT2D eigenvalue weighted by atomic mass is 10.2. The fourth-order valence-electron chi connectivity index (χ4n) is 1.28. The summed E-state index contributed by atoms with van der Waals surface area (Å²) in [5.41, 5.74) is 0. The largest absolute Gasteiger partial charge is 0.330 e. The van der Waals surface area contributed by atoms with Crippen LogP contribution < -0.4 is 0 Å². The van der Waals surface area contributed by atoms with E-state index >= 15 is 0 Å². The summed E-state index contributed by atoms with van der Waals surface area (Å²) in [6, 6.07) is 3.86. The van der Waals surface area contributed by atoms with Crippen molar-refractivity contribution in [2.75, 3.05) is 6.54 Å². The van der Waals surface area contributed by atoms with Crippen molar-refractivity contribution < 1.29 is 0 Å². The Hall–Kier alpha value is -0.640. The van der Waals surface area contributed by atoms with Gasteiger partial charge in [0.1, 0.15) is 0 Å². The zero-order valence-corrected chi connectivity index (χ0v) is 6.85. The first kappa shape index (κ1) is 7.47. The molecule has 0 aromatic heterocycles. The second-order valence-corrected chi connectivity index (χ2v) is 2.83. The van der Waals surface area contributed by atoms with Crippen LogP contribution in [0, 0.1) is 12.0 Å². The van der Waals surface area contributed by atoms with E-state index in [0.717, 1.165) is 6.42 Å². The Morgan fingerprint density at radius 1 is 1.60 bits per heavy atom. The maximum absolute atomic E-state index is 3.16. The molecule has 1 heterocycles. The van der Waals surface area contributed by atoms with Gasteiger partial charge in [0.2, 0.25) is 0 Å². The highest BCUT2D eigenvalue weighted by Gasteiger charge is 2.16. The van der Waals surface area contributed by atoms with Gasteiger partial charge in [-0.3, -0.25) is 0 Å². The molecule has 0 radical (unpaired) electrons. The van der Waals surface area contributed by atoms with Crippen LogP contribution in [0.3, 0.4) is 0 Å². The Morgan fingerprint density at radius 2 is 2.40 bits per heavy atom. The van der Waals surface area contributed by atoms with Gasteiger partial charge in [0, 0.05) is 25.1 Å². The Kier molecular flexibility index (Phi) is 2.62. The van der Waals surface area contributed by atoms with Crippen LogP contribution in [0.25, 0.3) is 0 Å². The summed E-state index contributed by atoms with van der Waals surface area (Å²) in [6.07, 6.45) is 3.61. The zero-order chi connectivity index (χ0) is 7.40. The third-order valence-corrected chi connectivity index (χ3v) is 1.95. The van der Waals surface area contributed by atoms with Gasteiger partial charge in [-0.2, -0.15) is 0 Å². The maximum atomic E-state index is 3.16. The number of rotatable bonds is 0. The molecule has 0 bridgehead atoms. The van der Waals surface area contributed by atoms with E-state index in [-0.39, 0.29) is 0 Å². The molecule has 0 N–H and O–H groups in total. The van der Waals surface area contributed by atoms with E-state index in [0.29, 0.717) is 6.04 Å². The third kappa shape index (κ3) is 1.67. The first-order valence-electron chi connectivity index (χ1n) is 4.09. The van der Waals surface area contributed by atoms with E-state index < -0.39 is 0 Å². The average Bonchev–Trinajstić information content (AvgIpc) is 2.31. The van der Waals surface area contributed by atoms with Crippen LogP contribution >= 0.6 is 0 Å². The van der Waals surface area contributed by atoms with E-state index in [4.69, 9.17) is 0 Å². The molecular weight excluding hydrogens is 122 g/mol. The van der Waals surface area contributed by atoms with Crippen LogP contribution in [0.2, 0.25) is 0 Å². The van der Waals surface area contributed by atoms with Crippen molar-refractivity contribution in [3.8, 4) is 12.0 Å². The summed E-state index contributed by atoms with van der Waals surface area (Å²) in [4.78, 5) is 2.25. The SMILES string of the molecule is CCC#CN1CCCC1C. The molecule has 0 amide bonds. The fraction of sp³-hybridized carbons (Fsp3) is 0.778. The van der Waals surface area contributed by atoms with Gasteiger partial charge in [-0.25, -0.2) is 0 Å². The third-order valence-electron chi connectivity index (χ3n) is 1.95. The second-order valence-electron chi connectivity index (χ2n) is 2.83. The molecular formula is C9H15N. The van der Waals surface area contributed by atoms with Gasteiger partial charge in [-0.15, -0.1) is 0 Å². The predicted molar refractivity (Wildman–Crippen MR) is 43.5 cm³/mol. The average molecular weight is 137 g/mol. The molecule has 1 atom stereocenters. The molecule has 1 heteroatoms. The second kappa shape index (κ2) is 3.51. The van der Waals surface area contributed by atoms with Gasteiger partial charge in [0.25, 0.3) is 0 Å². The Labute approximate surface area is 63.4 Å². The topological polar surface area (TPSA) is 3.24 Å². The van der Waals surface area contributed by atoms with Gasteiger partial charge < -0.3 is 4.90 Å². The molecule has 0 aromatic rings. The minimum Gasteiger partial charge on any atom is -0.330 e. The minimum absolute atomic E-state index is 0.694. The molecule has 1 nitrogen and oxygen atoms in total. The molecule has 1 unspecified atom stereocenters. The van der Waals surface area contributed by atoms with Crippen LogP contribution in [0.15, 0.2) is 0 Å². The molecule has 56 valence electrons. The lowest BCUT2D eigenvalue weighted by molar-refractivity contribution is 0.394. The normalized spacial score (nSPS) is 24.2. The summed E-state index contributed by atoms with van der Waals surface area (Å²) in [5, 5.41) is 0. The highest BCUT2D eigenvalue weighted by molar-refractivity contribution is 5.00. The van der Waals surface area contributed by atoms with Crippen molar-refractivity contribution in [2.24, 2.45) is 0 Å². The molecule has 1 rings (SSSR count). The summed E-state index contributed by atoms with van der Waals surface area (Å²) in [6.45, 7) is 5.51. The van der Waals surface area contributed by atoms with Crippen molar-refractivity contribution >= 4 is 0 Å². The lowest BCUT2D eigenvalue weighted by Crippen LogP contribution is -2.20. The predicted octanol–water partition coefficient (Wildman–Crippen LogP) is 1.84. The van der Waals surface area contributed by atoms with Crippen LogP contribution in [0.4, 0.5) is 0 Å². The van der Waals surface area contributed by atoms with Gasteiger partial charge >= 0.3 is 0 Å². The first-order chi connectivity index (χ1) is 4.84. The summed E-state index contributed by atoms with van der Waals surface area (Å²) >= 11 is 0. The molecule has 0 aromatic carbocycles. The van der Waals surface area contributed by atoms with Crippen molar-refractivity contribution in [1.29, 1.82) is 0 Å². The number of hydrogen-bond donors (Lipinski definition) is 0. The maximum Gasteiger partial charge on any atom is 0.0343 e. The fourth-order valence-corrected chi connectivity index (χ4v) is 1.28. The monoisotopic (exact) mass is 137 g/mol. The lowest BCUT2D eigenvalue weighted by Gasteiger charge is -2.14. The van der Waals surface area contributed by atoms with Gasteiger partial charge in [-0.05, 0) is 19.8 Å². The highest BCUT2D eigenvalue weighted by Crippen LogP contribution is 2.14. The molecule has 0 saturated carbocycles. The van der Waals surface area contributed by atoms with E-state index in [2.05, 4.69) is 30.7 Å². The summed E-state index contributed by atoms with van der Waals surface area (Å²) in [7, 11) is 0. The molecule has 1 aliphatic heterocycles. The van der Waals surface area contributed by atoms with Gasteiger partial charge in [0.15, 0.2) is 0 Å². The molecule has 10 heavy (non-hydrogen) atoms. The van der Waals surface area contributed by atoms with Crippen LogP contribution in [-0.2, 0) is 0 Å². The Bertz CT molecular complexity index is 152. The first-order valence-corrected chi connectivity index (χ1v) is 4.09. The van der Waals surface area contributed by atoms with Crippen molar-refractivity contribution in [3.05, 3.63) is 0 Å². The summed E-state index contributed by atoms with van der Waals surface area (Å²) < 4.78 is 0. The Balaban J connectivity index is 2.40. The molecule has 0 spiro atoms. The summed E-state index contributed by atoms with van der Waals surface area (Å²) in [5.74, 6) is 3.10. The molecule has 1 saturated heterocycles. The van der Waals surface area contributed by atoms with Crippen molar-refractivity contribution in [2.45, 2.75) is 39.2 Å². The smallest absolute Gasteiger partial charge is 0.0343 e. The molecule has 0 aliphatic carbocycles. The van der Waals surface area contributed by atoms with Gasteiger partial charge in [-0.1, -0.05) is 12.8 Å². The number of nitrogens with zero attached hydrogens (tertiary/aromatic N) is 1. The van der Waals surface area contributed by atoms with E-state index in [9.17, 15) is 0 Å².